The van der Waals surface area contributed by atoms with Gasteiger partial charge in [0, 0.05) is 11.3 Å². The van der Waals surface area contributed by atoms with Gasteiger partial charge in [-0.25, -0.2) is 0 Å². The van der Waals surface area contributed by atoms with Crippen molar-refractivity contribution in [2.24, 2.45) is 0 Å². The number of methoxy groups -OCH3 is 1. The fourth-order valence-electron chi connectivity index (χ4n) is 1.57. The lowest BCUT2D eigenvalue weighted by atomic mass is 10.1. The fraction of sp³-hybridized carbons (Fsp3) is 0.182. The Morgan fingerprint density at radius 1 is 1.36 bits per heavy atom. The van der Waals surface area contributed by atoms with E-state index in [9.17, 15) is 4.79 Å². The largest absolute Gasteiger partial charge is 0.501 e. The number of rotatable bonds is 1. The Kier molecular flexibility index (Phi) is 2.00. The highest BCUT2D eigenvalue weighted by atomic mass is 16.5. The van der Waals surface area contributed by atoms with Crippen LogP contribution in [-0.4, -0.2) is 13.0 Å². The topological polar surface area (TPSA) is 38.3 Å². The van der Waals surface area contributed by atoms with Crippen LogP contribution in [0.2, 0.25) is 0 Å². The van der Waals surface area contributed by atoms with Crippen LogP contribution >= 0.6 is 0 Å². The second-order valence-corrected chi connectivity index (χ2v) is 3.14. The highest BCUT2D eigenvalue weighted by molar-refractivity contribution is 6.31. The molecule has 0 spiro atoms. The van der Waals surface area contributed by atoms with Gasteiger partial charge in [-0.1, -0.05) is 18.2 Å². The summed E-state index contributed by atoms with van der Waals surface area (Å²) in [4.78, 5) is 11.6. The SMILES string of the molecule is CO/C(C)=C1\C(=O)Nc2ccccc21. The van der Waals surface area contributed by atoms with E-state index in [1.54, 1.807) is 14.0 Å². The number of hydrogen-bond donors (Lipinski definition) is 1. The van der Waals surface area contributed by atoms with Crippen LogP contribution in [0.15, 0.2) is 30.0 Å². The molecule has 0 aromatic heterocycles. The average molecular weight is 189 g/mol. The van der Waals surface area contributed by atoms with Gasteiger partial charge in [0.15, 0.2) is 0 Å². The van der Waals surface area contributed by atoms with Crippen molar-refractivity contribution < 1.29 is 9.53 Å². The standard InChI is InChI=1S/C11H11NO2/c1-7(14-2)10-8-5-3-4-6-9(8)12-11(10)13/h3-6H,1-2H3,(H,12,13)/b10-7-. The summed E-state index contributed by atoms with van der Waals surface area (Å²) < 4.78 is 5.08. The molecule has 1 aromatic rings. The molecule has 0 aliphatic carbocycles. The highest BCUT2D eigenvalue weighted by Crippen LogP contribution is 2.33. The Morgan fingerprint density at radius 3 is 2.79 bits per heavy atom. The third-order valence-electron chi connectivity index (χ3n) is 2.33. The molecule has 14 heavy (non-hydrogen) atoms. The van der Waals surface area contributed by atoms with Gasteiger partial charge in [-0.2, -0.15) is 0 Å². The summed E-state index contributed by atoms with van der Waals surface area (Å²) in [5.74, 6) is 0.554. The quantitative estimate of drug-likeness (QED) is 0.542. The van der Waals surface area contributed by atoms with Gasteiger partial charge < -0.3 is 10.1 Å². The molecule has 0 atom stereocenters. The van der Waals surface area contributed by atoms with E-state index in [-0.39, 0.29) is 5.91 Å². The van der Waals surface area contributed by atoms with Crippen LogP contribution in [0.1, 0.15) is 12.5 Å². The minimum atomic E-state index is -0.0921. The van der Waals surface area contributed by atoms with Gasteiger partial charge >= 0.3 is 0 Å². The van der Waals surface area contributed by atoms with Gasteiger partial charge in [-0.05, 0) is 13.0 Å². The van der Waals surface area contributed by atoms with Crippen LogP contribution in [0.4, 0.5) is 5.69 Å². The van der Waals surface area contributed by atoms with Gasteiger partial charge in [-0.15, -0.1) is 0 Å². The lowest BCUT2D eigenvalue weighted by Gasteiger charge is -2.02. The number of para-hydroxylation sites is 1. The Bertz CT molecular complexity index is 421. The molecule has 0 saturated carbocycles. The van der Waals surface area contributed by atoms with Crippen molar-refractivity contribution in [1.82, 2.24) is 0 Å². The van der Waals surface area contributed by atoms with E-state index < -0.39 is 0 Å². The molecular weight excluding hydrogens is 178 g/mol. The van der Waals surface area contributed by atoms with Crippen LogP contribution in [0.3, 0.4) is 0 Å². The Morgan fingerprint density at radius 2 is 2.07 bits per heavy atom. The number of nitrogens with one attached hydrogen (secondary N) is 1. The van der Waals surface area contributed by atoms with E-state index in [4.69, 9.17) is 4.74 Å². The van der Waals surface area contributed by atoms with Crippen LogP contribution in [0.25, 0.3) is 5.57 Å². The summed E-state index contributed by atoms with van der Waals surface area (Å²) in [6, 6.07) is 7.58. The smallest absolute Gasteiger partial charge is 0.259 e. The maximum atomic E-state index is 11.6. The summed E-state index contributed by atoms with van der Waals surface area (Å²) in [5, 5.41) is 2.79. The summed E-state index contributed by atoms with van der Waals surface area (Å²) in [6.07, 6.45) is 0. The highest BCUT2D eigenvalue weighted by Gasteiger charge is 2.25. The summed E-state index contributed by atoms with van der Waals surface area (Å²) >= 11 is 0. The summed E-state index contributed by atoms with van der Waals surface area (Å²) in [7, 11) is 1.57. The molecule has 1 amide bonds. The molecule has 1 aromatic carbocycles. The molecule has 0 radical (unpaired) electrons. The minimum Gasteiger partial charge on any atom is -0.501 e. The first-order valence-corrected chi connectivity index (χ1v) is 4.39. The number of anilines is 1. The zero-order valence-electron chi connectivity index (χ0n) is 8.13. The van der Waals surface area contributed by atoms with Gasteiger partial charge in [0.25, 0.3) is 5.91 Å². The van der Waals surface area contributed by atoms with Crippen LogP contribution in [0, 0.1) is 0 Å². The van der Waals surface area contributed by atoms with Crippen LogP contribution in [0.5, 0.6) is 0 Å². The predicted molar refractivity (Wildman–Crippen MR) is 54.7 cm³/mol. The van der Waals surface area contributed by atoms with Crippen molar-refractivity contribution in [2.45, 2.75) is 6.92 Å². The first-order chi connectivity index (χ1) is 6.74. The second-order valence-electron chi connectivity index (χ2n) is 3.14. The number of hydrogen-bond acceptors (Lipinski definition) is 2. The molecule has 3 nitrogen and oxygen atoms in total. The molecule has 0 unspecified atom stereocenters. The van der Waals surface area contributed by atoms with Gasteiger partial charge in [0.2, 0.25) is 0 Å². The molecule has 72 valence electrons. The number of carbonyl (C=O) groups is 1. The fourth-order valence-corrected chi connectivity index (χ4v) is 1.57. The van der Waals surface area contributed by atoms with E-state index in [0.29, 0.717) is 11.3 Å². The van der Waals surface area contributed by atoms with Crippen LogP contribution < -0.4 is 5.32 Å². The van der Waals surface area contributed by atoms with E-state index in [1.807, 2.05) is 24.3 Å². The number of amides is 1. The first kappa shape index (κ1) is 8.81. The van der Waals surface area contributed by atoms with Gasteiger partial charge in [-0.3, -0.25) is 4.79 Å². The van der Waals surface area contributed by atoms with Crippen LogP contribution in [-0.2, 0) is 9.53 Å². The Hall–Kier alpha value is -1.77. The molecule has 2 rings (SSSR count). The average Bonchev–Trinajstić information content (AvgIpc) is 2.53. The minimum absolute atomic E-state index is 0.0921. The third-order valence-corrected chi connectivity index (χ3v) is 2.33. The molecule has 3 heteroatoms. The number of carbonyl (C=O) groups excluding carboxylic acids is 1. The number of fused-ring (bicyclic) bond motifs is 1. The normalized spacial score (nSPS) is 17.4. The molecule has 0 fully saturated rings. The zero-order chi connectivity index (χ0) is 10.1. The monoisotopic (exact) mass is 189 g/mol. The molecule has 1 heterocycles. The second kappa shape index (κ2) is 3.18. The number of benzene rings is 1. The van der Waals surface area contributed by atoms with Crippen molar-refractivity contribution >= 4 is 17.2 Å². The van der Waals surface area contributed by atoms with E-state index in [0.717, 1.165) is 11.3 Å². The zero-order valence-corrected chi connectivity index (χ0v) is 8.13. The van der Waals surface area contributed by atoms with Crippen molar-refractivity contribution in [3.63, 3.8) is 0 Å². The Balaban J connectivity index is 2.61. The van der Waals surface area contributed by atoms with Crippen molar-refractivity contribution in [3.05, 3.63) is 35.6 Å². The maximum absolute atomic E-state index is 11.6. The first-order valence-electron chi connectivity index (χ1n) is 4.39. The molecule has 0 bridgehead atoms. The number of ether oxygens (including phenoxy) is 1. The molecule has 1 N–H and O–H groups in total. The molecule has 1 aliphatic rings. The van der Waals surface area contributed by atoms with E-state index >= 15 is 0 Å². The molecule has 1 aliphatic heterocycles. The third kappa shape index (κ3) is 1.18. The number of allylic oxidation sites excluding steroid dienone is 1. The van der Waals surface area contributed by atoms with Gasteiger partial charge in [0.05, 0.1) is 12.7 Å². The summed E-state index contributed by atoms with van der Waals surface area (Å²) in [5.41, 5.74) is 2.39. The van der Waals surface area contributed by atoms with Crippen molar-refractivity contribution in [1.29, 1.82) is 0 Å². The maximum Gasteiger partial charge on any atom is 0.259 e. The van der Waals surface area contributed by atoms with Crippen molar-refractivity contribution in [3.8, 4) is 0 Å². The molecular formula is C11H11NO2. The van der Waals surface area contributed by atoms with Crippen molar-refractivity contribution in [2.75, 3.05) is 12.4 Å². The Labute approximate surface area is 82.4 Å². The summed E-state index contributed by atoms with van der Waals surface area (Å²) in [6.45, 7) is 1.79. The lowest BCUT2D eigenvalue weighted by Crippen LogP contribution is -2.05. The predicted octanol–water partition coefficient (Wildman–Crippen LogP) is 2.02. The molecule has 0 saturated heterocycles. The van der Waals surface area contributed by atoms with Gasteiger partial charge in [0.1, 0.15) is 5.76 Å². The lowest BCUT2D eigenvalue weighted by molar-refractivity contribution is -0.110. The van der Waals surface area contributed by atoms with E-state index in [2.05, 4.69) is 5.32 Å². The van der Waals surface area contributed by atoms with E-state index in [1.165, 1.54) is 0 Å².